The molecule has 28 heavy (non-hydrogen) atoms. The molecule has 1 atom stereocenters. The molecule has 1 aliphatic rings. The van der Waals surface area contributed by atoms with Gasteiger partial charge in [0.05, 0.1) is 6.21 Å². The number of hydrazone groups is 1. The van der Waals surface area contributed by atoms with Crippen LogP contribution in [0.25, 0.3) is 0 Å². The zero-order valence-electron chi connectivity index (χ0n) is 15.4. The lowest BCUT2D eigenvalue weighted by atomic mass is 10.0. The zero-order chi connectivity index (χ0) is 20.1. The first kappa shape index (κ1) is 19.7. The van der Waals surface area contributed by atoms with Gasteiger partial charge in [0.15, 0.2) is 11.5 Å². The summed E-state index contributed by atoms with van der Waals surface area (Å²) < 4.78 is 10.6. The number of carbonyl (C=O) groups excluding carboxylic acids is 2. The molecule has 3 rings (SSSR count). The number of carbonyl (C=O) groups is 2. The Morgan fingerprint density at radius 2 is 1.82 bits per heavy atom. The molecule has 1 aliphatic heterocycles. The first-order valence-corrected chi connectivity index (χ1v) is 9.11. The lowest BCUT2D eigenvalue weighted by Crippen LogP contribution is -2.48. The van der Waals surface area contributed by atoms with Gasteiger partial charge in [-0.15, -0.1) is 0 Å². The monoisotopic (exact) mass is 401 g/mol. The molecule has 0 fully saturated rings. The molecule has 2 N–H and O–H groups in total. The van der Waals surface area contributed by atoms with Crippen molar-refractivity contribution < 1.29 is 19.1 Å². The fraction of sp³-hybridized carbons (Fsp3) is 0.250. The van der Waals surface area contributed by atoms with E-state index in [2.05, 4.69) is 15.8 Å². The standard InChI is InChI=1S/C20H20ClN3O4/c1-12(2)18(23-19(25)14-4-6-15(21)7-5-14)20(26)24-22-10-13-3-8-16-17(9-13)28-11-27-16/h3-10,12,18H,11H2,1-2H3,(H,23,25)(H,24,26). The highest BCUT2D eigenvalue weighted by Gasteiger charge is 2.24. The van der Waals surface area contributed by atoms with Gasteiger partial charge in [0.25, 0.3) is 11.8 Å². The van der Waals surface area contributed by atoms with E-state index in [4.69, 9.17) is 21.1 Å². The van der Waals surface area contributed by atoms with Crippen LogP contribution in [0.3, 0.4) is 0 Å². The molecule has 0 aliphatic carbocycles. The van der Waals surface area contributed by atoms with Gasteiger partial charge in [-0.05, 0) is 53.9 Å². The lowest BCUT2D eigenvalue weighted by Gasteiger charge is -2.20. The Morgan fingerprint density at radius 3 is 2.54 bits per heavy atom. The zero-order valence-corrected chi connectivity index (χ0v) is 16.2. The van der Waals surface area contributed by atoms with Crippen LogP contribution in [-0.2, 0) is 4.79 Å². The van der Waals surface area contributed by atoms with E-state index in [1.54, 1.807) is 42.5 Å². The van der Waals surface area contributed by atoms with E-state index in [1.807, 2.05) is 13.8 Å². The molecule has 0 aromatic heterocycles. The molecule has 1 heterocycles. The van der Waals surface area contributed by atoms with E-state index in [0.29, 0.717) is 22.1 Å². The third-order valence-electron chi connectivity index (χ3n) is 4.13. The summed E-state index contributed by atoms with van der Waals surface area (Å²) in [5.41, 5.74) is 3.64. The van der Waals surface area contributed by atoms with E-state index in [-0.39, 0.29) is 18.6 Å². The van der Waals surface area contributed by atoms with Gasteiger partial charge in [-0.1, -0.05) is 25.4 Å². The average Bonchev–Trinajstić information content (AvgIpc) is 3.14. The smallest absolute Gasteiger partial charge is 0.262 e. The number of hydrogen-bond donors (Lipinski definition) is 2. The van der Waals surface area contributed by atoms with Crippen LogP contribution in [0.4, 0.5) is 0 Å². The number of fused-ring (bicyclic) bond motifs is 1. The Kier molecular flexibility index (Phi) is 6.16. The summed E-state index contributed by atoms with van der Waals surface area (Å²) in [4.78, 5) is 24.9. The predicted molar refractivity (Wildman–Crippen MR) is 106 cm³/mol. The van der Waals surface area contributed by atoms with Crippen molar-refractivity contribution in [3.8, 4) is 11.5 Å². The number of halogens is 1. The number of hydrogen-bond acceptors (Lipinski definition) is 5. The second-order valence-electron chi connectivity index (χ2n) is 6.55. The second kappa shape index (κ2) is 8.75. The summed E-state index contributed by atoms with van der Waals surface area (Å²) in [5.74, 6) is 0.410. The predicted octanol–water partition coefficient (Wildman–Crippen LogP) is 2.97. The maximum atomic E-state index is 12.5. The maximum Gasteiger partial charge on any atom is 0.262 e. The van der Waals surface area contributed by atoms with Crippen LogP contribution in [0.5, 0.6) is 11.5 Å². The first-order chi connectivity index (χ1) is 13.4. The molecule has 2 amide bonds. The van der Waals surface area contributed by atoms with Crippen LogP contribution in [0.15, 0.2) is 47.6 Å². The molecule has 8 heteroatoms. The van der Waals surface area contributed by atoms with E-state index in [0.717, 1.165) is 5.56 Å². The molecular formula is C20H20ClN3O4. The third-order valence-corrected chi connectivity index (χ3v) is 4.38. The average molecular weight is 402 g/mol. The Hall–Kier alpha value is -3.06. The molecule has 0 spiro atoms. The summed E-state index contributed by atoms with van der Waals surface area (Å²) in [6.45, 7) is 3.87. The molecule has 2 aromatic rings. The normalized spacial score (nSPS) is 13.6. The number of nitrogens with zero attached hydrogens (tertiary/aromatic N) is 1. The van der Waals surface area contributed by atoms with Crippen LogP contribution in [0.1, 0.15) is 29.8 Å². The molecule has 0 radical (unpaired) electrons. The van der Waals surface area contributed by atoms with Gasteiger partial charge in [0, 0.05) is 10.6 Å². The molecule has 0 saturated heterocycles. The second-order valence-corrected chi connectivity index (χ2v) is 6.99. The van der Waals surface area contributed by atoms with Gasteiger partial charge in [0.1, 0.15) is 6.04 Å². The highest BCUT2D eigenvalue weighted by atomic mass is 35.5. The molecular weight excluding hydrogens is 382 g/mol. The van der Waals surface area contributed by atoms with Crippen LogP contribution in [-0.4, -0.2) is 30.9 Å². The van der Waals surface area contributed by atoms with Crippen molar-refractivity contribution in [1.82, 2.24) is 10.7 Å². The van der Waals surface area contributed by atoms with Crippen molar-refractivity contribution in [2.75, 3.05) is 6.79 Å². The molecule has 146 valence electrons. The van der Waals surface area contributed by atoms with E-state index >= 15 is 0 Å². The van der Waals surface area contributed by atoms with E-state index < -0.39 is 11.9 Å². The minimum absolute atomic E-state index is 0.128. The molecule has 0 saturated carbocycles. The van der Waals surface area contributed by atoms with Crippen molar-refractivity contribution in [2.24, 2.45) is 11.0 Å². The van der Waals surface area contributed by atoms with Crippen LogP contribution < -0.4 is 20.2 Å². The van der Waals surface area contributed by atoms with Gasteiger partial charge in [0.2, 0.25) is 6.79 Å². The van der Waals surface area contributed by atoms with E-state index in [1.165, 1.54) is 6.21 Å². The highest BCUT2D eigenvalue weighted by molar-refractivity contribution is 6.30. The van der Waals surface area contributed by atoms with Crippen LogP contribution >= 0.6 is 11.6 Å². The Bertz CT molecular complexity index is 897. The largest absolute Gasteiger partial charge is 0.454 e. The van der Waals surface area contributed by atoms with Crippen molar-refractivity contribution in [1.29, 1.82) is 0 Å². The van der Waals surface area contributed by atoms with Gasteiger partial charge in [-0.2, -0.15) is 5.10 Å². The van der Waals surface area contributed by atoms with Crippen LogP contribution in [0.2, 0.25) is 5.02 Å². The van der Waals surface area contributed by atoms with Gasteiger partial charge >= 0.3 is 0 Å². The van der Waals surface area contributed by atoms with Crippen molar-refractivity contribution in [3.05, 3.63) is 58.6 Å². The first-order valence-electron chi connectivity index (χ1n) is 8.73. The molecule has 1 unspecified atom stereocenters. The number of benzene rings is 2. The number of rotatable bonds is 6. The van der Waals surface area contributed by atoms with Crippen LogP contribution in [0, 0.1) is 5.92 Å². The fourth-order valence-corrected chi connectivity index (χ4v) is 2.72. The lowest BCUT2D eigenvalue weighted by molar-refractivity contribution is -0.123. The van der Waals surface area contributed by atoms with E-state index in [9.17, 15) is 9.59 Å². The number of nitrogens with one attached hydrogen (secondary N) is 2. The summed E-state index contributed by atoms with van der Waals surface area (Å²) in [6, 6.07) is 11.0. The van der Waals surface area contributed by atoms with Crippen molar-refractivity contribution in [2.45, 2.75) is 19.9 Å². The molecule has 0 bridgehead atoms. The van der Waals surface area contributed by atoms with Crippen molar-refractivity contribution in [3.63, 3.8) is 0 Å². The van der Waals surface area contributed by atoms with Gasteiger partial charge in [-0.25, -0.2) is 5.43 Å². The summed E-state index contributed by atoms with van der Waals surface area (Å²) in [5, 5.41) is 7.24. The SMILES string of the molecule is CC(C)C(NC(=O)c1ccc(Cl)cc1)C(=O)NN=Cc1ccc2c(c1)OCO2. The highest BCUT2D eigenvalue weighted by Crippen LogP contribution is 2.31. The topological polar surface area (TPSA) is 89.0 Å². The third kappa shape index (κ3) is 4.80. The van der Waals surface area contributed by atoms with Gasteiger partial charge in [-0.3, -0.25) is 9.59 Å². The minimum Gasteiger partial charge on any atom is -0.454 e. The Labute approximate surface area is 167 Å². The minimum atomic E-state index is -0.739. The maximum absolute atomic E-state index is 12.5. The summed E-state index contributed by atoms with van der Waals surface area (Å²) in [7, 11) is 0. The fourth-order valence-electron chi connectivity index (χ4n) is 2.59. The summed E-state index contributed by atoms with van der Waals surface area (Å²) in [6.07, 6.45) is 1.50. The molecule has 2 aromatic carbocycles. The van der Waals surface area contributed by atoms with Gasteiger partial charge < -0.3 is 14.8 Å². The number of ether oxygens (including phenoxy) is 2. The number of amides is 2. The van der Waals surface area contributed by atoms with Crippen molar-refractivity contribution >= 4 is 29.6 Å². The Balaban J connectivity index is 1.61. The Morgan fingerprint density at radius 1 is 1.11 bits per heavy atom. The quantitative estimate of drug-likeness (QED) is 0.575. The summed E-state index contributed by atoms with van der Waals surface area (Å²) >= 11 is 5.84. The molecule has 7 nitrogen and oxygen atoms in total.